The van der Waals surface area contributed by atoms with Gasteiger partial charge >= 0.3 is 0 Å². The van der Waals surface area contributed by atoms with Crippen molar-refractivity contribution in [1.29, 1.82) is 0 Å². The number of benzene rings is 2. The number of rotatable bonds is 6. The lowest BCUT2D eigenvalue weighted by molar-refractivity contribution is 0.284. The van der Waals surface area contributed by atoms with Gasteiger partial charge in [0.2, 0.25) is 0 Å². The molecule has 0 bridgehead atoms. The molecule has 0 atom stereocenters. The second-order valence-electron chi connectivity index (χ2n) is 8.24. The number of methoxy groups -OCH3 is 1. The van der Waals surface area contributed by atoms with Gasteiger partial charge < -0.3 is 9.47 Å². The molecule has 2 aromatic carbocycles. The maximum absolute atomic E-state index is 6.23. The minimum absolute atomic E-state index is 0.0601. The van der Waals surface area contributed by atoms with Gasteiger partial charge in [0.1, 0.15) is 6.61 Å². The summed E-state index contributed by atoms with van der Waals surface area (Å²) in [5, 5.41) is 2.22. The zero-order valence-electron chi connectivity index (χ0n) is 17.6. The first-order valence-corrected chi connectivity index (χ1v) is 11.6. The van der Waals surface area contributed by atoms with E-state index in [0.29, 0.717) is 6.61 Å². The van der Waals surface area contributed by atoms with Gasteiger partial charge in [0.15, 0.2) is 11.5 Å². The molecule has 1 aliphatic carbocycles. The van der Waals surface area contributed by atoms with E-state index in [-0.39, 0.29) is 5.41 Å². The van der Waals surface area contributed by atoms with Crippen LogP contribution in [0.1, 0.15) is 46.4 Å². The quantitative estimate of drug-likeness (QED) is 0.484. The largest absolute Gasteiger partial charge is 0.493 e. The average Bonchev–Trinajstić information content (AvgIpc) is 3.18. The molecule has 2 aliphatic rings. The normalized spacial score (nSPS) is 16.9. The molecule has 0 amide bonds. The lowest BCUT2D eigenvalue weighted by Crippen LogP contribution is -2.44. The van der Waals surface area contributed by atoms with E-state index < -0.39 is 0 Å². The summed E-state index contributed by atoms with van der Waals surface area (Å²) in [6.45, 7) is 3.62. The Bertz CT molecular complexity index is 1080. The summed E-state index contributed by atoms with van der Waals surface area (Å²) in [6.07, 6.45) is 4.56. The van der Waals surface area contributed by atoms with E-state index >= 15 is 0 Å². The highest BCUT2D eigenvalue weighted by atomic mass is 32.1. The molecule has 1 aliphatic heterocycles. The van der Waals surface area contributed by atoms with E-state index in [4.69, 9.17) is 14.5 Å². The summed E-state index contributed by atoms with van der Waals surface area (Å²) in [5.74, 6) is 1.60. The third kappa shape index (κ3) is 3.24. The predicted molar refractivity (Wildman–Crippen MR) is 123 cm³/mol. The van der Waals surface area contributed by atoms with Crippen LogP contribution in [0.15, 0.2) is 58.9 Å². The van der Waals surface area contributed by atoms with Crippen LogP contribution in [0.4, 0.5) is 0 Å². The molecule has 0 spiro atoms. The number of fused-ring (bicyclic) bond motifs is 1. The first-order chi connectivity index (χ1) is 14.7. The van der Waals surface area contributed by atoms with Gasteiger partial charge in [-0.2, -0.15) is 0 Å². The number of thiophene rings is 1. The van der Waals surface area contributed by atoms with Crippen molar-refractivity contribution in [1.82, 2.24) is 0 Å². The van der Waals surface area contributed by atoms with Crippen LogP contribution in [0.5, 0.6) is 11.5 Å². The Morgan fingerprint density at radius 3 is 2.57 bits per heavy atom. The molecule has 1 saturated carbocycles. The van der Waals surface area contributed by atoms with Crippen LogP contribution in [0.2, 0.25) is 0 Å². The summed E-state index contributed by atoms with van der Waals surface area (Å²) in [5.41, 5.74) is 6.50. The van der Waals surface area contributed by atoms with Crippen molar-refractivity contribution < 1.29 is 9.47 Å². The summed E-state index contributed by atoms with van der Waals surface area (Å²) < 4.78 is 11.9. The van der Waals surface area contributed by atoms with Gasteiger partial charge in [0.25, 0.3) is 0 Å². The zero-order chi connectivity index (χ0) is 20.6. The molecule has 3 aromatic rings. The summed E-state index contributed by atoms with van der Waals surface area (Å²) >= 11 is 1.84. The van der Waals surface area contributed by atoms with Crippen LogP contribution in [0, 0.1) is 6.92 Å². The maximum Gasteiger partial charge on any atom is 0.162 e. The molecule has 1 fully saturated rings. The molecule has 1 aromatic heterocycles. The van der Waals surface area contributed by atoms with Crippen molar-refractivity contribution in [2.75, 3.05) is 13.7 Å². The van der Waals surface area contributed by atoms with Crippen molar-refractivity contribution in [3.8, 4) is 11.5 Å². The predicted octanol–water partition coefficient (Wildman–Crippen LogP) is 6.11. The third-order valence-corrected chi connectivity index (χ3v) is 7.41. The third-order valence-electron chi connectivity index (χ3n) is 6.57. The van der Waals surface area contributed by atoms with Crippen LogP contribution in [0.3, 0.4) is 0 Å². The Morgan fingerprint density at radius 2 is 1.90 bits per heavy atom. The molecular formula is C26H27NO2S. The minimum atomic E-state index is 0.0601. The number of hydrogen-bond acceptors (Lipinski definition) is 4. The fraction of sp³-hybridized carbons (Fsp3) is 0.346. The summed E-state index contributed by atoms with van der Waals surface area (Å²) in [6, 6.07) is 16.9. The van der Waals surface area contributed by atoms with Crippen LogP contribution in [-0.4, -0.2) is 19.4 Å². The molecule has 2 heterocycles. The number of hydrogen-bond donors (Lipinski definition) is 0. The highest BCUT2D eigenvalue weighted by molar-refractivity contribution is 7.10. The van der Waals surface area contributed by atoms with Gasteiger partial charge in [-0.15, -0.1) is 11.3 Å². The number of aryl methyl sites for hydroxylation is 1. The second-order valence-corrected chi connectivity index (χ2v) is 9.36. The van der Waals surface area contributed by atoms with E-state index in [1.165, 1.54) is 46.5 Å². The molecule has 0 unspecified atom stereocenters. The number of nitrogens with zero attached hydrogens (tertiary/aromatic N) is 1. The standard InChI is InChI=1S/C26H27NO2S/c1-18-22(10-14-30-18)26(11-6-12-26)25-21-16-24(29-17-19-7-4-3-5-8-19)23(28-2)15-20(21)9-13-27-25/h3-5,7-8,10,14-16H,6,9,11-13,17H2,1-2H3. The molecule has 5 rings (SSSR count). The lowest BCUT2D eigenvalue weighted by Gasteiger charge is -2.45. The number of ether oxygens (including phenoxy) is 2. The van der Waals surface area contributed by atoms with Crippen molar-refractivity contribution in [2.24, 2.45) is 4.99 Å². The first-order valence-electron chi connectivity index (χ1n) is 10.7. The minimum Gasteiger partial charge on any atom is -0.493 e. The van der Waals surface area contributed by atoms with E-state index in [9.17, 15) is 0 Å². The van der Waals surface area contributed by atoms with Gasteiger partial charge in [-0.25, -0.2) is 0 Å². The Hall–Kier alpha value is -2.59. The van der Waals surface area contributed by atoms with E-state index in [1.54, 1.807) is 7.11 Å². The Labute approximate surface area is 182 Å². The Morgan fingerprint density at radius 1 is 1.07 bits per heavy atom. The van der Waals surface area contributed by atoms with Crippen LogP contribution >= 0.6 is 11.3 Å². The Kier molecular flexibility index (Phi) is 5.11. The summed E-state index contributed by atoms with van der Waals surface area (Å²) in [7, 11) is 1.72. The highest BCUT2D eigenvalue weighted by Gasteiger charge is 2.46. The number of aliphatic imine (C=N–C) groups is 1. The van der Waals surface area contributed by atoms with E-state index in [1.807, 2.05) is 29.5 Å². The Balaban J connectivity index is 1.53. The molecule has 30 heavy (non-hydrogen) atoms. The maximum atomic E-state index is 6.23. The SMILES string of the molecule is COc1cc2c(cc1OCc1ccccc1)C(C1(c3ccsc3C)CCC1)=NCC2. The smallest absolute Gasteiger partial charge is 0.162 e. The highest BCUT2D eigenvalue weighted by Crippen LogP contribution is 2.50. The van der Waals surface area contributed by atoms with Crippen molar-refractivity contribution in [3.05, 3.63) is 81.0 Å². The molecule has 0 radical (unpaired) electrons. The monoisotopic (exact) mass is 417 g/mol. The topological polar surface area (TPSA) is 30.8 Å². The van der Waals surface area contributed by atoms with E-state index in [0.717, 1.165) is 30.0 Å². The van der Waals surface area contributed by atoms with Crippen LogP contribution < -0.4 is 9.47 Å². The average molecular weight is 418 g/mol. The fourth-order valence-corrected chi connectivity index (χ4v) is 5.66. The second kappa shape index (κ2) is 7.92. The van der Waals surface area contributed by atoms with Gasteiger partial charge in [-0.1, -0.05) is 36.8 Å². The molecule has 154 valence electrons. The first kappa shape index (κ1) is 19.4. The van der Waals surface area contributed by atoms with Gasteiger partial charge in [0, 0.05) is 22.4 Å². The lowest BCUT2D eigenvalue weighted by atomic mass is 9.59. The van der Waals surface area contributed by atoms with Crippen LogP contribution in [0.25, 0.3) is 0 Å². The van der Waals surface area contributed by atoms with Gasteiger partial charge in [0.05, 0.1) is 12.8 Å². The molecule has 0 saturated heterocycles. The van der Waals surface area contributed by atoms with Crippen molar-refractivity contribution >= 4 is 17.0 Å². The fourth-order valence-electron chi connectivity index (χ4n) is 4.86. The van der Waals surface area contributed by atoms with Gasteiger partial charge in [-0.3, -0.25) is 4.99 Å². The van der Waals surface area contributed by atoms with Crippen LogP contribution in [-0.2, 0) is 18.4 Å². The molecule has 4 heteroatoms. The molecule has 0 N–H and O–H groups in total. The van der Waals surface area contributed by atoms with Crippen molar-refractivity contribution in [3.63, 3.8) is 0 Å². The summed E-state index contributed by atoms with van der Waals surface area (Å²) in [4.78, 5) is 6.52. The molecular weight excluding hydrogens is 390 g/mol. The molecule has 3 nitrogen and oxygen atoms in total. The van der Waals surface area contributed by atoms with E-state index in [2.05, 4.69) is 42.6 Å². The van der Waals surface area contributed by atoms with Crippen molar-refractivity contribution in [2.45, 2.75) is 44.6 Å². The van der Waals surface area contributed by atoms with Gasteiger partial charge in [-0.05, 0) is 66.5 Å². The zero-order valence-corrected chi connectivity index (χ0v) is 18.4.